The summed E-state index contributed by atoms with van der Waals surface area (Å²) < 4.78 is 63.9. The van der Waals surface area contributed by atoms with Crippen LogP contribution in [-0.2, 0) is 5.92 Å². The molecule has 1 aromatic heterocycles. The third kappa shape index (κ3) is 2.98. The van der Waals surface area contributed by atoms with Gasteiger partial charge < -0.3 is 0 Å². The molecule has 0 N–H and O–H groups in total. The number of thiazole rings is 1. The van der Waals surface area contributed by atoms with Crippen molar-refractivity contribution in [3.05, 3.63) is 50.4 Å². The Labute approximate surface area is 130 Å². The second-order valence-electron chi connectivity index (χ2n) is 4.41. The highest BCUT2D eigenvalue weighted by atomic mass is 35.5. The van der Waals surface area contributed by atoms with Crippen molar-refractivity contribution in [2.45, 2.75) is 19.0 Å². The Bertz CT molecular complexity index is 708. The number of carbonyl (C=O) groups is 1. The first-order valence-electron chi connectivity index (χ1n) is 5.76. The molecule has 0 radical (unpaired) electrons. The lowest BCUT2D eigenvalue weighted by molar-refractivity contribution is -0.290. The molecule has 0 fully saturated rings. The third-order valence-electron chi connectivity index (χ3n) is 2.77. The van der Waals surface area contributed by atoms with Crippen LogP contribution in [0.25, 0.3) is 0 Å². The predicted molar refractivity (Wildman–Crippen MR) is 71.7 cm³/mol. The van der Waals surface area contributed by atoms with Crippen LogP contribution < -0.4 is 0 Å². The molecule has 118 valence electrons. The van der Waals surface area contributed by atoms with Crippen LogP contribution in [0.15, 0.2) is 24.3 Å². The van der Waals surface area contributed by atoms with Crippen LogP contribution in [0.3, 0.4) is 0 Å². The van der Waals surface area contributed by atoms with Crippen molar-refractivity contribution in [3.8, 4) is 0 Å². The summed E-state index contributed by atoms with van der Waals surface area (Å²) in [7, 11) is 0. The molecule has 9 heteroatoms. The number of aromatic nitrogens is 1. The van der Waals surface area contributed by atoms with Gasteiger partial charge in [0.15, 0.2) is 4.47 Å². The first-order valence-corrected chi connectivity index (χ1v) is 6.96. The summed E-state index contributed by atoms with van der Waals surface area (Å²) in [5.41, 5.74) is -0.884. The van der Waals surface area contributed by atoms with Gasteiger partial charge in [-0.3, -0.25) is 4.79 Å². The molecule has 2 nitrogen and oxygen atoms in total. The van der Waals surface area contributed by atoms with Gasteiger partial charge in [0.1, 0.15) is 10.6 Å². The van der Waals surface area contributed by atoms with E-state index in [-0.39, 0.29) is 16.9 Å². The molecule has 0 atom stereocenters. The summed E-state index contributed by atoms with van der Waals surface area (Å²) in [6.07, 6.45) is -5.87. The van der Waals surface area contributed by atoms with Crippen LogP contribution in [-0.4, -0.2) is 16.9 Å². The number of aryl methyl sites for hydroxylation is 1. The second-order valence-corrected chi connectivity index (χ2v) is 5.99. The first kappa shape index (κ1) is 16.8. The van der Waals surface area contributed by atoms with Crippen molar-refractivity contribution in [1.29, 1.82) is 0 Å². The van der Waals surface area contributed by atoms with Crippen LogP contribution >= 0.6 is 22.9 Å². The van der Waals surface area contributed by atoms with Crippen LogP contribution in [0.4, 0.5) is 22.0 Å². The molecular formula is C13H7ClF5NOS. The highest BCUT2D eigenvalue weighted by molar-refractivity contribution is 7.17. The van der Waals surface area contributed by atoms with Gasteiger partial charge in [0.25, 0.3) is 0 Å². The number of nitrogens with zero attached hydrogens (tertiary/aromatic N) is 1. The number of carbonyl (C=O) groups excluding carboxylic acids is 1. The molecule has 0 spiro atoms. The van der Waals surface area contributed by atoms with Crippen molar-refractivity contribution in [1.82, 2.24) is 4.98 Å². The van der Waals surface area contributed by atoms with Crippen LogP contribution in [0.1, 0.15) is 26.5 Å². The van der Waals surface area contributed by atoms with E-state index in [0.717, 1.165) is 5.56 Å². The number of ketones is 1. The second kappa shape index (κ2) is 5.58. The molecule has 0 aliphatic rings. The Kier molecular flexibility index (Phi) is 4.27. The van der Waals surface area contributed by atoms with Gasteiger partial charge in [-0.2, -0.15) is 22.0 Å². The van der Waals surface area contributed by atoms with E-state index in [2.05, 4.69) is 4.98 Å². The third-order valence-corrected chi connectivity index (χ3v) is 3.93. The molecule has 0 saturated carbocycles. The minimum atomic E-state index is -5.87. The van der Waals surface area contributed by atoms with E-state index in [1.165, 1.54) is 24.3 Å². The Morgan fingerprint density at radius 1 is 1.14 bits per heavy atom. The quantitative estimate of drug-likeness (QED) is 0.573. The van der Waals surface area contributed by atoms with Crippen LogP contribution in [0.5, 0.6) is 0 Å². The molecular weight excluding hydrogens is 349 g/mol. The van der Waals surface area contributed by atoms with Gasteiger partial charge in [0, 0.05) is 5.56 Å². The molecule has 1 heterocycles. The smallest absolute Gasteiger partial charge is 0.288 e. The van der Waals surface area contributed by atoms with E-state index in [1.807, 2.05) is 0 Å². The minimum absolute atomic E-state index is 0.0230. The van der Waals surface area contributed by atoms with Crippen molar-refractivity contribution in [2.75, 3.05) is 0 Å². The molecule has 1 aromatic carbocycles. The standard InChI is InChI=1S/C13H7ClF5NOS/c1-6-2-4-7(5-3-6)8(21)9-10(20-11(14)22-9)12(15,16)13(17,18)19/h2-5H,1H3. The first-order chi connectivity index (χ1) is 10.0. The molecule has 2 rings (SSSR count). The number of rotatable bonds is 3. The van der Waals surface area contributed by atoms with E-state index >= 15 is 0 Å². The number of benzene rings is 1. The van der Waals surface area contributed by atoms with Gasteiger partial charge in [-0.05, 0) is 6.92 Å². The maximum absolute atomic E-state index is 13.5. The van der Waals surface area contributed by atoms with Gasteiger partial charge >= 0.3 is 12.1 Å². The molecule has 0 bridgehead atoms. The summed E-state index contributed by atoms with van der Waals surface area (Å²) in [6, 6.07) is 5.75. The fourth-order valence-electron chi connectivity index (χ4n) is 1.63. The van der Waals surface area contributed by atoms with Gasteiger partial charge in [0.2, 0.25) is 5.78 Å². The number of hydrogen-bond acceptors (Lipinski definition) is 3. The summed E-state index contributed by atoms with van der Waals surface area (Å²) in [5, 5.41) is 0. The lowest BCUT2D eigenvalue weighted by Gasteiger charge is -2.18. The van der Waals surface area contributed by atoms with E-state index in [1.54, 1.807) is 6.92 Å². The lowest BCUT2D eigenvalue weighted by atomic mass is 10.0. The molecule has 0 aliphatic heterocycles. The predicted octanol–water partition coefficient (Wildman–Crippen LogP) is 4.99. The van der Waals surface area contributed by atoms with E-state index in [0.29, 0.717) is 0 Å². The minimum Gasteiger partial charge on any atom is -0.288 e. The van der Waals surface area contributed by atoms with Crippen molar-refractivity contribution >= 4 is 28.7 Å². The zero-order valence-corrected chi connectivity index (χ0v) is 12.4. The topological polar surface area (TPSA) is 30.0 Å². The Morgan fingerprint density at radius 3 is 2.18 bits per heavy atom. The Morgan fingerprint density at radius 2 is 1.68 bits per heavy atom. The zero-order valence-electron chi connectivity index (χ0n) is 10.8. The fourth-order valence-corrected chi connectivity index (χ4v) is 2.73. The number of halogens is 6. The maximum Gasteiger partial charge on any atom is 0.459 e. The molecule has 0 unspecified atom stereocenters. The SMILES string of the molecule is Cc1ccc(C(=O)c2sc(Cl)nc2C(F)(F)C(F)(F)F)cc1. The van der Waals surface area contributed by atoms with Gasteiger partial charge in [-0.1, -0.05) is 52.8 Å². The molecule has 0 aliphatic carbocycles. The largest absolute Gasteiger partial charge is 0.459 e. The van der Waals surface area contributed by atoms with Crippen molar-refractivity contribution in [2.24, 2.45) is 0 Å². The van der Waals surface area contributed by atoms with Gasteiger partial charge in [-0.15, -0.1) is 0 Å². The average molecular weight is 356 g/mol. The zero-order chi connectivity index (χ0) is 16.7. The monoisotopic (exact) mass is 355 g/mol. The van der Waals surface area contributed by atoms with Crippen molar-refractivity contribution in [3.63, 3.8) is 0 Å². The molecule has 0 saturated heterocycles. The highest BCUT2D eigenvalue weighted by Gasteiger charge is 2.61. The molecule has 2 aromatic rings. The average Bonchev–Trinajstić information content (AvgIpc) is 2.80. The van der Waals surface area contributed by atoms with Crippen LogP contribution in [0, 0.1) is 6.92 Å². The summed E-state index contributed by atoms with van der Waals surface area (Å²) >= 11 is 5.72. The fraction of sp³-hybridized carbons (Fsp3) is 0.231. The van der Waals surface area contributed by atoms with E-state index in [4.69, 9.17) is 11.6 Å². The molecule has 0 amide bonds. The van der Waals surface area contributed by atoms with Crippen molar-refractivity contribution < 1.29 is 26.7 Å². The van der Waals surface area contributed by atoms with E-state index in [9.17, 15) is 26.7 Å². The maximum atomic E-state index is 13.5. The van der Waals surface area contributed by atoms with Gasteiger partial charge in [-0.25, -0.2) is 4.98 Å². The van der Waals surface area contributed by atoms with Gasteiger partial charge in [0.05, 0.1) is 0 Å². The van der Waals surface area contributed by atoms with Crippen LogP contribution in [0.2, 0.25) is 4.47 Å². The summed E-state index contributed by atoms with van der Waals surface area (Å²) in [4.78, 5) is 14.4. The normalized spacial score (nSPS) is 12.5. The van der Waals surface area contributed by atoms with E-state index < -0.39 is 32.9 Å². The lowest BCUT2D eigenvalue weighted by Crippen LogP contribution is -2.35. The Hall–Kier alpha value is -1.54. The number of alkyl halides is 5. The summed E-state index contributed by atoms with van der Waals surface area (Å²) in [6.45, 7) is 1.74. The molecule has 22 heavy (non-hydrogen) atoms. The Balaban J connectivity index is 2.53. The highest BCUT2D eigenvalue weighted by Crippen LogP contribution is 2.46. The number of hydrogen-bond donors (Lipinski definition) is 0. The summed E-state index contributed by atoms with van der Waals surface area (Å²) in [5.74, 6) is -6.24.